The summed E-state index contributed by atoms with van der Waals surface area (Å²) in [6.45, 7) is 11.2. The summed E-state index contributed by atoms with van der Waals surface area (Å²) >= 11 is 0. The Hall–Kier alpha value is -1.81. The number of ether oxygens (including phenoxy) is 1. The van der Waals surface area contributed by atoms with Crippen LogP contribution in [0.3, 0.4) is 0 Å². The highest BCUT2D eigenvalue weighted by atomic mass is 16.6. The Morgan fingerprint density at radius 2 is 1.96 bits per heavy atom. The first-order chi connectivity index (χ1) is 10.8. The van der Waals surface area contributed by atoms with Crippen molar-refractivity contribution in [2.45, 2.75) is 39.3 Å². The fourth-order valence-corrected chi connectivity index (χ4v) is 2.69. The molecule has 0 N–H and O–H groups in total. The summed E-state index contributed by atoms with van der Waals surface area (Å²) in [5.74, 6) is 0. The van der Waals surface area contributed by atoms with E-state index in [-0.39, 0.29) is 12.1 Å². The lowest BCUT2D eigenvalue weighted by Gasteiger charge is -2.39. The first kappa shape index (κ1) is 17.5. The highest BCUT2D eigenvalue weighted by Crippen LogP contribution is 2.15. The van der Waals surface area contributed by atoms with Crippen LogP contribution in [-0.4, -0.2) is 53.7 Å². The zero-order valence-corrected chi connectivity index (χ0v) is 14.7. The Morgan fingerprint density at radius 1 is 1.26 bits per heavy atom. The quantitative estimate of drug-likeness (QED) is 0.853. The van der Waals surface area contributed by atoms with Gasteiger partial charge in [0.2, 0.25) is 0 Å². The molecule has 0 saturated carbocycles. The minimum atomic E-state index is -0.438. The Bertz CT molecular complexity index is 534. The van der Waals surface area contributed by atoms with E-state index in [0.29, 0.717) is 0 Å². The van der Waals surface area contributed by atoms with E-state index in [2.05, 4.69) is 36.1 Å². The van der Waals surface area contributed by atoms with Crippen LogP contribution >= 0.6 is 0 Å². The smallest absolute Gasteiger partial charge is 0.410 e. The SMILES string of the molecule is CC1CN(CC=Cc2ccccc2)CCN1C(=O)OC(C)(C)C. The van der Waals surface area contributed by atoms with Gasteiger partial charge in [-0.25, -0.2) is 4.79 Å². The van der Waals surface area contributed by atoms with E-state index in [1.54, 1.807) is 0 Å². The molecule has 4 nitrogen and oxygen atoms in total. The van der Waals surface area contributed by atoms with Gasteiger partial charge in [0.1, 0.15) is 5.60 Å². The summed E-state index contributed by atoms with van der Waals surface area (Å²) in [7, 11) is 0. The van der Waals surface area contributed by atoms with Crippen molar-refractivity contribution in [2.75, 3.05) is 26.2 Å². The summed E-state index contributed by atoms with van der Waals surface area (Å²) in [5.41, 5.74) is 0.778. The maximum Gasteiger partial charge on any atom is 0.410 e. The third-order valence-corrected chi connectivity index (χ3v) is 3.81. The zero-order valence-electron chi connectivity index (χ0n) is 14.7. The van der Waals surface area contributed by atoms with Gasteiger partial charge in [-0.05, 0) is 33.3 Å². The molecule has 0 aromatic heterocycles. The van der Waals surface area contributed by atoms with Gasteiger partial charge in [-0.3, -0.25) is 4.90 Å². The topological polar surface area (TPSA) is 32.8 Å². The molecule has 4 heteroatoms. The molecule has 1 aliphatic heterocycles. The van der Waals surface area contributed by atoms with E-state index in [1.165, 1.54) is 5.56 Å². The van der Waals surface area contributed by atoms with E-state index in [4.69, 9.17) is 4.74 Å². The second-order valence-electron chi connectivity index (χ2n) is 7.10. The summed E-state index contributed by atoms with van der Waals surface area (Å²) in [6.07, 6.45) is 4.13. The van der Waals surface area contributed by atoms with Gasteiger partial charge in [-0.2, -0.15) is 0 Å². The number of nitrogens with zero attached hydrogens (tertiary/aromatic N) is 2. The predicted octanol–water partition coefficient (Wildman–Crippen LogP) is 3.64. The van der Waals surface area contributed by atoms with Crippen molar-refractivity contribution in [1.82, 2.24) is 9.80 Å². The van der Waals surface area contributed by atoms with Crippen LogP contribution in [0.5, 0.6) is 0 Å². The average molecular weight is 316 g/mol. The van der Waals surface area contributed by atoms with Crippen LogP contribution < -0.4 is 0 Å². The summed E-state index contributed by atoms with van der Waals surface area (Å²) in [4.78, 5) is 16.4. The lowest BCUT2D eigenvalue weighted by molar-refractivity contribution is 0.00279. The molecule has 0 radical (unpaired) electrons. The molecule has 0 aliphatic carbocycles. The first-order valence-corrected chi connectivity index (χ1v) is 8.29. The minimum Gasteiger partial charge on any atom is -0.444 e. The fraction of sp³-hybridized carbons (Fsp3) is 0.526. The predicted molar refractivity (Wildman–Crippen MR) is 94.3 cm³/mol. The number of benzene rings is 1. The van der Waals surface area contributed by atoms with Crippen LogP contribution in [-0.2, 0) is 4.74 Å². The molecular weight excluding hydrogens is 288 g/mol. The molecule has 1 aromatic carbocycles. The second-order valence-corrected chi connectivity index (χ2v) is 7.10. The molecule has 1 aliphatic rings. The van der Waals surface area contributed by atoms with Gasteiger partial charge in [0.05, 0.1) is 0 Å². The number of rotatable bonds is 3. The van der Waals surface area contributed by atoms with E-state index >= 15 is 0 Å². The van der Waals surface area contributed by atoms with Crippen LogP contribution in [0.1, 0.15) is 33.3 Å². The molecule has 126 valence electrons. The number of carbonyl (C=O) groups excluding carboxylic acids is 1. The molecule has 1 fully saturated rings. The number of amides is 1. The van der Waals surface area contributed by atoms with Crippen molar-refractivity contribution in [3.05, 3.63) is 42.0 Å². The van der Waals surface area contributed by atoms with Gasteiger partial charge >= 0.3 is 6.09 Å². The first-order valence-electron chi connectivity index (χ1n) is 8.29. The fourth-order valence-electron chi connectivity index (χ4n) is 2.69. The Balaban J connectivity index is 1.82. The van der Waals surface area contributed by atoms with Crippen LogP contribution in [0.4, 0.5) is 4.79 Å². The van der Waals surface area contributed by atoms with E-state index in [1.807, 2.05) is 43.9 Å². The van der Waals surface area contributed by atoms with Crippen molar-refractivity contribution in [3.8, 4) is 0 Å². The Labute approximate surface area is 139 Å². The number of piperazine rings is 1. The van der Waals surface area contributed by atoms with Crippen molar-refractivity contribution in [2.24, 2.45) is 0 Å². The number of carbonyl (C=O) groups is 1. The van der Waals surface area contributed by atoms with Crippen molar-refractivity contribution >= 4 is 12.2 Å². The third-order valence-electron chi connectivity index (χ3n) is 3.81. The highest BCUT2D eigenvalue weighted by molar-refractivity contribution is 5.68. The molecule has 1 heterocycles. The maximum absolute atomic E-state index is 12.2. The Morgan fingerprint density at radius 3 is 2.57 bits per heavy atom. The van der Waals surface area contributed by atoms with E-state index in [9.17, 15) is 4.79 Å². The summed E-state index contributed by atoms with van der Waals surface area (Å²) in [5, 5.41) is 0. The molecular formula is C19H28N2O2. The van der Waals surface area contributed by atoms with Gasteiger partial charge < -0.3 is 9.64 Å². The maximum atomic E-state index is 12.2. The molecule has 1 atom stereocenters. The molecule has 2 rings (SSSR count). The molecule has 1 saturated heterocycles. The van der Waals surface area contributed by atoms with Crippen molar-refractivity contribution in [3.63, 3.8) is 0 Å². The third kappa shape index (κ3) is 5.71. The largest absolute Gasteiger partial charge is 0.444 e. The molecule has 0 bridgehead atoms. The van der Waals surface area contributed by atoms with Crippen LogP contribution in [0, 0.1) is 0 Å². The van der Waals surface area contributed by atoms with Gasteiger partial charge in [0.15, 0.2) is 0 Å². The number of hydrogen-bond donors (Lipinski definition) is 0. The number of hydrogen-bond acceptors (Lipinski definition) is 3. The van der Waals surface area contributed by atoms with Gasteiger partial charge in [-0.15, -0.1) is 0 Å². The van der Waals surface area contributed by atoms with Gasteiger partial charge in [0.25, 0.3) is 0 Å². The van der Waals surface area contributed by atoms with Gasteiger partial charge in [0, 0.05) is 32.2 Å². The van der Waals surface area contributed by atoms with Gasteiger partial charge in [-0.1, -0.05) is 42.5 Å². The zero-order chi connectivity index (χ0) is 16.9. The Kier molecular flexibility index (Phi) is 5.83. The highest BCUT2D eigenvalue weighted by Gasteiger charge is 2.30. The van der Waals surface area contributed by atoms with Crippen molar-refractivity contribution in [1.29, 1.82) is 0 Å². The minimum absolute atomic E-state index is 0.170. The second kappa shape index (κ2) is 7.64. The van der Waals surface area contributed by atoms with Crippen LogP contribution in [0.25, 0.3) is 6.08 Å². The summed E-state index contributed by atoms with van der Waals surface area (Å²) < 4.78 is 5.48. The van der Waals surface area contributed by atoms with E-state index in [0.717, 1.165) is 26.2 Å². The van der Waals surface area contributed by atoms with Crippen LogP contribution in [0.2, 0.25) is 0 Å². The lowest BCUT2D eigenvalue weighted by Crippen LogP contribution is -2.54. The normalized spacial score (nSPS) is 20.0. The summed E-state index contributed by atoms with van der Waals surface area (Å²) in [6, 6.07) is 10.5. The lowest BCUT2D eigenvalue weighted by atomic mass is 10.1. The molecule has 1 amide bonds. The molecule has 1 unspecified atom stereocenters. The standard InChI is InChI=1S/C19H28N2O2/c1-16-15-20(12-8-11-17-9-6-5-7-10-17)13-14-21(16)18(22)23-19(2,3)4/h5-11,16H,12-15H2,1-4H3. The molecule has 0 spiro atoms. The monoisotopic (exact) mass is 316 g/mol. The molecule has 1 aromatic rings. The average Bonchev–Trinajstić information content (AvgIpc) is 2.46. The van der Waals surface area contributed by atoms with E-state index < -0.39 is 5.60 Å². The van der Waals surface area contributed by atoms with Crippen LogP contribution in [0.15, 0.2) is 36.4 Å². The molecule has 23 heavy (non-hydrogen) atoms. The van der Waals surface area contributed by atoms with Crippen molar-refractivity contribution < 1.29 is 9.53 Å².